The number of rotatable bonds is 3. The number of likely N-dealkylation sites (tertiary alicyclic amines) is 1. The lowest BCUT2D eigenvalue weighted by molar-refractivity contribution is 0.0782. The molecule has 3 fully saturated rings. The zero-order valence-electron chi connectivity index (χ0n) is 15.6. The molecule has 6 heteroatoms. The topological polar surface area (TPSA) is 62.5 Å². The second-order valence-corrected chi connectivity index (χ2v) is 8.39. The number of benzene rings is 1. The van der Waals surface area contributed by atoms with Crippen LogP contribution < -0.4 is 4.90 Å². The fraction of sp³-hybridized carbons (Fsp3) is 0.409. The molecule has 2 unspecified atom stereocenters. The molecule has 3 aromatic rings. The first-order valence-corrected chi connectivity index (χ1v) is 10.1. The van der Waals surface area contributed by atoms with Gasteiger partial charge in [0.2, 0.25) is 0 Å². The fourth-order valence-electron chi connectivity index (χ4n) is 4.81. The number of pyridine rings is 1. The van der Waals surface area contributed by atoms with Crippen molar-refractivity contribution in [1.29, 1.82) is 0 Å². The summed E-state index contributed by atoms with van der Waals surface area (Å²) < 4.78 is 5.33. The summed E-state index contributed by atoms with van der Waals surface area (Å²) in [5.41, 5.74) is 3.44. The van der Waals surface area contributed by atoms with Gasteiger partial charge in [0.15, 0.2) is 0 Å². The van der Waals surface area contributed by atoms with Crippen LogP contribution >= 0.6 is 0 Å². The van der Waals surface area contributed by atoms with Gasteiger partial charge < -0.3 is 14.3 Å². The number of amides is 1. The minimum absolute atomic E-state index is 0.0815. The van der Waals surface area contributed by atoms with E-state index in [2.05, 4.69) is 45.4 Å². The second kappa shape index (κ2) is 6.06. The van der Waals surface area contributed by atoms with Crippen LogP contribution in [0.5, 0.6) is 0 Å². The summed E-state index contributed by atoms with van der Waals surface area (Å²) in [7, 11) is 0. The van der Waals surface area contributed by atoms with Gasteiger partial charge in [0, 0.05) is 55.8 Å². The van der Waals surface area contributed by atoms with Crippen LogP contribution in [-0.4, -0.2) is 47.1 Å². The Morgan fingerprint density at radius 2 is 1.79 bits per heavy atom. The molecule has 6 rings (SSSR count). The van der Waals surface area contributed by atoms with E-state index in [0.29, 0.717) is 29.0 Å². The monoisotopic (exact) mass is 374 g/mol. The first-order valence-electron chi connectivity index (χ1n) is 10.1. The summed E-state index contributed by atoms with van der Waals surface area (Å²) in [6, 6.07) is 12.5. The largest absolute Gasteiger partial charge is 0.371 e. The number of hydrogen-bond acceptors (Lipinski definition) is 5. The Kier molecular flexibility index (Phi) is 3.48. The highest BCUT2D eigenvalue weighted by Crippen LogP contribution is 2.42. The Hall–Kier alpha value is -2.89. The summed E-state index contributed by atoms with van der Waals surface area (Å²) >= 11 is 0. The molecule has 1 aromatic carbocycles. The summed E-state index contributed by atoms with van der Waals surface area (Å²) in [4.78, 5) is 21.9. The molecule has 0 spiro atoms. The Labute approximate surface area is 163 Å². The minimum Gasteiger partial charge on any atom is -0.371 e. The molecule has 142 valence electrons. The first kappa shape index (κ1) is 16.1. The highest BCUT2D eigenvalue weighted by Gasteiger charge is 2.42. The molecule has 2 aromatic heterocycles. The van der Waals surface area contributed by atoms with Crippen LogP contribution in [0.2, 0.25) is 0 Å². The van der Waals surface area contributed by atoms with Gasteiger partial charge in [-0.15, -0.1) is 0 Å². The zero-order valence-corrected chi connectivity index (χ0v) is 15.6. The molecule has 2 atom stereocenters. The van der Waals surface area contributed by atoms with Crippen molar-refractivity contribution in [2.45, 2.75) is 18.8 Å². The molecule has 0 N–H and O–H groups in total. The highest BCUT2D eigenvalue weighted by molar-refractivity contribution is 5.97. The van der Waals surface area contributed by atoms with E-state index in [-0.39, 0.29) is 5.91 Å². The smallest absolute Gasteiger partial charge is 0.257 e. The van der Waals surface area contributed by atoms with Crippen LogP contribution in [0.4, 0.5) is 5.69 Å². The molecule has 28 heavy (non-hydrogen) atoms. The van der Waals surface area contributed by atoms with Crippen LogP contribution in [-0.2, 0) is 0 Å². The number of para-hydroxylation sites is 1. The number of anilines is 1. The Bertz CT molecular complexity index is 1030. The predicted octanol–water partition coefficient (Wildman–Crippen LogP) is 3.31. The average molecular weight is 374 g/mol. The van der Waals surface area contributed by atoms with Gasteiger partial charge in [-0.1, -0.05) is 23.4 Å². The van der Waals surface area contributed by atoms with Crippen LogP contribution in [0.1, 0.15) is 34.8 Å². The van der Waals surface area contributed by atoms with Gasteiger partial charge in [-0.25, -0.2) is 4.98 Å². The number of aromatic nitrogens is 2. The van der Waals surface area contributed by atoms with Crippen molar-refractivity contribution in [2.75, 3.05) is 31.1 Å². The van der Waals surface area contributed by atoms with E-state index < -0.39 is 0 Å². The van der Waals surface area contributed by atoms with E-state index in [1.54, 1.807) is 6.20 Å². The van der Waals surface area contributed by atoms with E-state index in [1.165, 1.54) is 5.69 Å². The number of nitrogens with zero attached hydrogens (tertiary/aromatic N) is 4. The maximum atomic E-state index is 13.1. The number of hydrogen-bond donors (Lipinski definition) is 0. The van der Waals surface area contributed by atoms with Gasteiger partial charge in [0.25, 0.3) is 11.6 Å². The third kappa shape index (κ3) is 2.58. The zero-order chi connectivity index (χ0) is 18.7. The summed E-state index contributed by atoms with van der Waals surface area (Å²) in [6.45, 7) is 3.69. The van der Waals surface area contributed by atoms with Gasteiger partial charge in [-0.05, 0) is 31.0 Å². The van der Waals surface area contributed by atoms with Crippen molar-refractivity contribution in [3.8, 4) is 0 Å². The summed E-state index contributed by atoms with van der Waals surface area (Å²) in [5.74, 6) is 1.64. The van der Waals surface area contributed by atoms with Gasteiger partial charge in [0.05, 0.1) is 16.6 Å². The van der Waals surface area contributed by atoms with Crippen molar-refractivity contribution in [2.24, 2.45) is 11.8 Å². The second-order valence-electron chi connectivity index (χ2n) is 8.39. The molecule has 6 nitrogen and oxygen atoms in total. The highest BCUT2D eigenvalue weighted by atomic mass is 16.5. The molecule has 1 amide bonds. The molecule has 2 saturated heterocycles. The van der Waals surface area contributed by atoms with Gasteiger partial charge in [0.1, 0.15) is 0 Å². The molecule has 2 aliphatic heterocycles. The van der Waals surface area contributed by atoms with E-state index >= 15 is 0 Å². The lowest BCUT2D eigenvalue weighted by atomic mass is 10.0. The molecule has 3 aliphatic rings. The average Bonchev–Trinajstić information content (AvgIpc) is 3.18. The molecule has 0 bridgehead atoms. The van der Waals surface area contributed by atoms with Crippen molar-refractivity contribution in [1.82, 2.24) is 15.0 Å². The van der Waals surface area contributed by atoms with E-state index in [0.717, 1.165) is 50.1 Å². The molecule has 1 saturated carbocycles. The Morgan fingerprint density at radius 3 is 2.50 bits per heavy atom. The summed E-state index contributed by atoms with van der Waals surface area (Å²) in [6.07, 6.45) is 3.93. The number of fused-ring (bicyclic) bond motifs is 2. The number of carbonyl (C=O) groups is 1. The van der Waals surface area contributed by atoms with Gasteiger partial charge in [-0.2, -0.15) is 0 Å². The lowest BCUT2D eigenvalue weighted by Crippen LogP contribution is -2.33. The van der Waals surface area contributed by atoms with E-state index in [1.807, 2.05) is 11.0 Å². The van der Waals surface area contributed by atoms with E-state index in [9.17, 15) is 4.79 Å². The fourth-order valence-corrected chi connectivity index (χ4v) is 4.81. The van der Waals surface area contributed by atoms with Crippen LogP contribution in [0.3, 0.4) is 0 Å². The maximum Gasteiger partial charge on any atom is 0.257 e. The first-order chi connectivity index (χ1) is 13.8. The SMILES string of the molecule is O=C(c1cnc2onc(C3CC3)c2c1)N1CC2CN(c3ccccc3)CC2C1. The molecule has 1 aliphatic carbocycles. The Morgan fingerprint density at radius 1 is 1.04 bits per heavy atom. The Balaban J connectivity index is 1.19. The molecule has 4 heterocycles. The molecule has 0 radical (unpaired) electrons. The standard InChI is InChI=1S/C22H22N4O2/c27-22(15-8-19-20(14-6-7-14)24-28-21(19)23-9-15)26-12-16-10-25(11-17(16)13-26)18-4-2-1-3-5-18/h1-5,8-9,14,16-17H,6-7,10-13H2. The van der Waals surface area contributed by atoms with E-state index in [4.69, 9.17) is 4.52 Å². The van der Waals surface area contributed by atoms with Crippen LogP contribution in [0.15, 0.2) is 47.1 Å². The minimum atomic E-state index is 0.0815. The van der Waals surface area contributed by atoms with Crippen molar-refractivity contribution >= 4 is 22.7 Å². The van der Waals surface area contributed by atoms with Crippen molar-refractivity contribution < 1.29 is 9.32 Å². The van der Waals surface area contributed by atoms with Gasteiger partial charge >= 0.3 is 0 Å². The maximum absolute atomic E-state index is 13.1. The van der Waals surface area contributed by atoms with Crippen LogP contribution in [0.25, 0.3) is 11.1 Å². The van der Waals surface area contributed by atoms with Crippen molar-refractivity contribution in [3.05, 3.63) is 53.9 Å². The molecular formula is C22H22N4O2. The normalized spacial score (nSPS) is 24.1. The quantitative estimate of drug-likeness (QED) is 0.704. The van der Waals surface area contributed by atoms with Crippen molar-refractivity contribution in [3.63, 3.8) is 0 Å². The summed E-state index contributed by atoms with van der Waals surface area (Å²) in [5, 5.41) is 5.08. The van der Waals surface area contributed by atoms with Gasteiger partial charge in [-0.3, -0.25) is 4.79 Å². The molecular weight excluding hydrogens is 352 g/mol. The lowest BCUT2D eigenvalue weighted by Gasteiger charge is -2.23. The third-order valence-corrected chi connectivity index (χ3v) is 6.46. The van der Waals surface area contributed by atoms with Crippen LogP contribution in [0, 0.1) is 11.8 Å². The third-order valence-electron chi connectivity index (χ3n) is 6.46. The predicted molar refractivity (Wildman–Crippen MR) is 105 cm³/mol. The number of carbonyl (C=O) groups excluding carboxylic acids is 1.